The van der Waals surface area contributed by atoms with Gasteiger partial charge in [-0.05, 0) is 25.2 Å². The minimum atomic E-state index is -4.22. The molecule has 5 nitrogen and oxygen atoms in total. The second-order valence-electron chi connectivity index (χ2n) is 5.06. The van der Waals surface area contributed by atoms with Crippen LogP contribution in [0.3, 0.4) is 0 Å². The van der Waals surface area contributed by atoms with Crippen LogP contribution in [-0.4, -0.2) is 29.7 Å². The highest BCUT2D eigenvalue weighted by Crippen LogP contribution is 2.45. The number of carbonyl (C=O) groups is 1. The van der Waals surface area contributed by atoms with Gasteiger partial charge in [0, 0.05) is 13.0 Å². The number of nitrogens with one attached hydrogen (secondary N) is 1. The van der Waals surface area contributed by atoms with E-state index in [1.54, 1.807) is 0 Å². The van der Waals surface area contributed by atoms with E-state index in [1.165, 1.54) is 0 Å². The molecule has 1 saturated carbocycles. The van der Waals surface area contributed by atoms with Gasteiger partial charge in [-0.25, -0.2) is 0 Å². The SMILES string of the molecule is CC1CC(C(=O)NCCCC(F)(F)F)(C(N)=NO)C1. The van der Waals surface area contributed by atoms with E-state index in [1.807, 2.05) is 6.92 Å². The van der Waals surface area contributed by atoms with E-state index in [2.05, 4.69) is 10.5 Å². The van der Waals surface area contributed by atoms with Gasteiger partial charge >= 0.3 is 6.18 Å². The fourth-order valence-corrected chi connectivity index (χ4v) is 2.40. The van der Waals surface area contributed by atoms with Crippen LogP contribution in [0.2, 0.25) is 0 Å². The molecule has 0 aliphatic heterocycles. The molecule has 0 aromatic carbocycles. The standard InChI is InChI=1S/C11H18F3N3O2/c1-7-5-10(6-7,8(15)17-19)9(18)16-4-2-3-11(12,13)14/h7,19H,2-6H2,1H3,(H2,15,17)(H,16,18). The van der Waals surface area contributed by atoms with Crippen LogP contribution < -0.4 is 11.1 Å². The number of hydrogen-bond donors (Lipinski definition) is 3. The summed E-state index contributed by atoms with van der Waals surface area (Å²) in [5.41, 5.74) is 4.45. The second-order valence-corrected chi connectivity index (χ2v) is 5.06. The number of nitrogens with zero attached hydrogens (tertiary/aromatic N) is 1. The highest BCUT2D eigenvalue weighted by molar-refractivity contribution is 6.07. The van der Waals surface area contributed by atoms with Gasteiger partial charge in [0.05, 0.1) is 0 Å². The maximum atomic E-state index is 12.0. The summed E-state index contributed by atoms with van der Waals surface area (Å²) in [6.07, 6.45) is -4.47. The molecular formula is C11H18F3N3O2. The molecule has 0 unspecified atom stereocenters. The highest BCUT2D eigenvalue weighted by Gasteiger charge is 2.52. The molecule has 0 aromatic rings. The van der Waals surface area contributed by atoms with Crippen LogP contribution in [0.25, 0.3) is 0 Å². The summed E-state index contributed by atoms with van der Waals surface area (Å²) in [6, 6.07) is 0. The first kappa shape index (κ1) is 15.6. The number of halogens is 3. The molecule has 4 N–H and O–H groups in total. The monoisotopic (exact) mass is 281 g/mol. The Hall–Kier alpha value is -1.47. The zero-order valence-electron chi connectivity index (χ0n) is 10.6. The highest BCUT2D eigenvalue weighted by atomic mass is 19.4. The predicted octanol–water partition coefficient (Wildman–Crippen LogP) is 1.61. The van der Waals surface area contributed by atoms with Crippen LogP contribution in [-0.2, 0) is 4.79 Å². The van der Waals surface area contributed by atoms with Crippen molar-refractivity contribution in [1.82, 2.24) is 5.32 Å². The van der Waals surface area contributed by atoms with Crippen molar-refractivity contribution in [2.24, 2.45) is 22.2 Å². The first-order valence-corrected chi connectivity index (χ1v) is 6.04. The van der Waals surface area contributed by atoms with E-state index in [0.717, 1.165) is 0 Å². The summed E-state index contributed by atoms with van der Waals surface area (Å²) >= 11 is 0. The van der Waals surface area contributed by atoms with Gasteiger partial charge in [0.15, 0.2) is 5.84 Å². The summed E-state index contributed by atoms with van der Waals surface area (Å²) in [7, 11) is 0. The van der Waals surface area contributed by atoms with Crippen molar-refractivity contribution >= 4 is 11.7 Å². The van der Waals surface area contributed by atoms with Gasteiger partial charge in [0.2, 0.25) is 5.91 Å². The van der Waals surface area contributed by atoms with E-state index in [4.69, 9.17) is 10.9 Å². The quantitative estimate of drug-likeness (QED) is 0.235. The largest absolute Gasteiger partial charge is 0.409 e. The number of amidine groups is 1. The van der Waals surface area contributed by atoms with Crippen LogP contribution in [0.1, 0.15) is 32.6 Å². The van der Waals surface area contributed by atoms with E-state index >= 15 is 0 Å². The van der Waals surface area contributed by atoms with E-state index < -0.39 is 23.9 Å². The molecule has 0 bridgehead atoms. The Morgan fingerprint density at radius 1 is 1.53 bits per heavy atom. The fourth-order valence-electron chi connectivity index (χ4n) is 2.40. The molecule has 0 heterocycles. The van der Waals surface area contributed by atoms with Crippen molar-refractivity contribution in [3.63, 3.8) is 0 Å². The Bertz CT molecular complexity index is 363. The van der Waals surface area contributed by atoms with Gasteiger partial charge in [0.25, 0.3) is 0 Å². The molecule has 1 fully saturated rings. The predicted molar refractivity (Wildman–Crippen MR) is 62.5 cm³/mol. The molecule has 0 atom stereocenters. The summed E-state index contributed by atoms with van der Waals surface area (Å²) in [4.78, 5) is 12.0. The van der Waals surface area contributed by atoms with Crippen LogP contribution in [0.5, 0.6) is 0 Å². The number of carbonyl (C=O) groups excluding carboxylic acids is 1. The van der Waals surface area contributed by atoms with Gasteiger partial charge in [-0.15, -0.1) is 0 Å². The molecule has 1 aliphatic carbocycles. The Balaban J connectivity index is 2.47. The smallest absolute Gasteiger partial charge is 0.389 e. The van der Waals surface area contributed by atoms with Gasteiger partial charge in [-0.2, -0.15) is 13.2 Å². The van der Waals surface area contributed by atoms with Crippen LogP contribution in [0.4, 0.5) is 13.2 Å². The lowest BCUT2D eigenvalue weighted by molar-refractivity contribution is -0.138. The number of rotatable bonds is 5. The number of nitrogens with two attached hydrogens (primary N) is 1. The molecule has 19 heavy (non-hydrogen) atoms. The molecule has 1 rings (SSSR count). The lowest BCUT2D eigenvalue weighted by Crippen LogP contribution is -2.56. The number of amides is 1. The molecule has 0 radical (unpaired) electrons. The van der Waals surface area contributed by atoms with Gasteiger partial charge in [-0.3, -0.25) is 4.79 Å². The van der Waals surface area contributed by atoms with Crippen LogP contribution in [0.15, 0.2) is 5.16 Å². The van der Waals surface area contributed by atoms with Crippen molar-refractivity contribution in [1.29, 1.82) is 0 Å². The molecule has 0 aromatic heterocycles. The lowest BCUT2D eigenvalue weighted by atomic mass is 9.61. The van der Waals surface area contributed by atoms with Crippen molar-refractivity contribution in [3.05, 3.63) is 0 Å². The molecular weight excluding hydrogens is 263 g/mol. The van der Waals surface area contributed by atoms with Crippen molar-refractivity contribution < 1.29 is 23.2 Å². The van der Waals surface area contributed by atoms with E-state index in [0.29, 0.717) is 12.8 Å². The minimum absolute atomic E-state index is 0.0762. The molecule has 1 aliphatic rings. The summed E-state index contributed by atoms with van der Waals surface area (Å²) in [5.74, 6) is -0.386. The topological polar surface area (TPSA) is 87.7 Å². The molecule has 1 amide bonds. The zero-order valence-corrected chi connectivity index (χ0v) is 10.6. The Labute approximate surface area is 109 Å². The zero-order chi connectivity index (χ0) is 14.7. The number of oxime groups is 1. The molecule has 0 spiro atoms. The number of hydrogen-bond acceptors (Lipinski definition) is 3. The van der Waals surface area contributed by atoms with E-state index in [-0.39, 0.29) is 24.7 Å². The third-order valence-electron chi connectivity index (χ3n) is 3.35. The minimum Gasteiger partial charge on any atom is -0.409 e. The normalized spacial score (nSPS) is 27.8. The van der Waals surface area contributed by atoms with Crippen LogP contribution in [0, 0.1) is 11.3 Å². The summed E-state index contributed by atoms with van der Waals surface area (Å²) < 4.78 is 35.8. The number of alkyl halides is 3. The Kier molecular flexibility index (Phi) is 4.65. The van der Waals surface area contributed by atoms with Gasteiger partial charge in [-0.1, -0.05) is 12.1 Å². The first-order valence-electron chi connectivity index (χ1n) is 6.04. The van der Waals surface area contributed by atoms with Gasteiger partial charge in [0.1, 0.15) is 5.41 Å². The maximum absolute atomic E-state index is 12.0. The first-order chi connectivity index (χ1) is 8.71. The van der Waals surface area contributed by atoms with Crippen LogP contribution >= 0.6 is 0 Å². The summed E-state index contributed by atoms with van der Waals surface area (Å²) in [6.45, 7) is 1.84. The van der Waals surface area contributed by atoms with Crippen molar-refractivity contribution in [2.75, 3.05) is 6.54 Å². The second kappa shape index (κ2) is 5.66. The molecule has 110 valence electrons. The average molecular weight is 281 g/mol. The lowest BCUT2D eigenvalue weighted by Gasteiger charge is -2.43. The third-order valence-corrected chi connectivity index (χ3v) is 3.35. The summed E-state index contributed by atoms with van der Waals surface area (Å²) in [5, 5.41) is 14.0. The Morgan fingerprint density at radius 2 is 2.11 bits per heavy atom. The van der Waals surface area contributed by atoms with Crippen molar-refractivity contribution in [2.45, 2.75) is 38.8 Å². The Morgan fingerprint density at radius 3 is 2.53 bits per heavy atom. The molecule has 8 heteroatoms. The van der Waals surface area contributed by atoms with E-state index in [9.17, 15) is 18.0 Å². The fraction of sp³-hybridized carbons (Fsp3) is 0.818. The van der Waals surface area contributed by atoms with Gasteiger partial charge < -0.3 is 16.3 Å². The van der Waals surface area contributed by atoms with Crippen molar-refractivity contribution in [3.8, 4) is 0 Å². The third kappa shape index (κ3) is 3.74. The average Bonchev–Trinajstić information content (AvgIpc) is 2.27. The molecule has 0 saturated heterocycles. The maximum Gasteiger partial charge on any atom is 0.389 e.